The first-order valence-corrected chi connectivity index (χ1v) is 9.80. The van der Waals surface area contributed by atoms with Gasteiger partial charge < -0.3 is 9.47 Å². The Kier molecular flexibility index (Phi) is 6.48. The molecule has 0 bridgehead atoms. The Bertz CT molecular complexity index is 962. The molecule has 2 aromatic carbocycles. The van der Waals surface area contributed by atoms with Gasteiger partial charge in [0.05, 0.1) is 19.9 Å². The Balaban J connectivity index is 1.75. The molecule has 1 amide bonds. The summed E-state index contributed by atoms with van der Waals surface area (Å²) in [7, 11) is 3.14. The molecule has 0 aliphatic rings. The van der Waals surface area contributed by atoms with Crippen LogP contribution in [0.4, 0.5) is 13.9 Å². The van der Waals surface area contributed by atoms with Crippen molar-refractivity contribution >= 4 is 34.1 Å². The maximum atomic E-state index is 12.4. The smallest absolute Gasteiger partial charge is 0.288 e. The molecule has 0 spiro atoms. The van der Waals surface area contributed by atoms with Crippen molar-refractivity contribution in [3.05, 3.63) is 53.4 Å². The van der Waals surface area contributed by atoms with Crippen molar-refractivity contribution in [2.45, 2.75) is 10.7 Å². The third-order valence-electron chi connectivity index (χ3n) is 3.75. The number of benzene rings is 2. The van der Waals surface area contributed by atoms with Gasteiger partial charge in [-0.1, -0.05) is 11.8 Å². The summed E-state index contributed by atoms with van der Waals surface area (Å²) in [5.41, 5.74) is 1.74. The number of halogens is 2. The number of thioether (sulfide) groups is 1. The lowest BCUT2D eigenvalue weighted by Gasteiger charge is -2.08. The molecule has 146 valence electrons. The van der Waals surface area contributed by atoms with Crippen LogP contribution in [0.3, 0.4) is 0 Å². The largest absolute Gasteiger partial charge is 0.497 e. The molecule has 0 saturated carbocycles. The summed E-state index contributed by atoms with van der Waals surface area (Å²) in [5.74, 6) is -1.57. The zero-order chi connectivity index (χ0) is 20.1. The highest BCUT2D eigenvalue weighted by Crippen LogP contribution is 2.35. The number of methoxy groups -OCH3 is 2. The average Bonchev–Trinajstić information content (AvgIpc) is 3.15. The molecule has 3 rings (SSSR count). The highest BCUT2D eigenvalue weighted by atomic mass is 32.2. The first-order valence-electron chi connectivity index (χ1n) is 8.04. The van der Waals surface area contributed by atoms with E-state index in [9.17, 15) is 13.6 Å². The van der Waals surface area contributed by atoms with Crippen molar-refractivity contribution in [2.24, 2.45) is 0 Å². The second-order valence-corrected chi connectivity index (χ2v) is 7.38. The molecule has 0 saturated heterocycles. The number of hydrogen-bond donors (Lipinski definition) is 1. The minimum absolute atomic E-state index is 0.356. The summed E-state index contributed by atoms with van der Waals surface area (Å²) in [6.07, 6.45) is 0. The summed E-state index contributed by atoms with van der Waals surface area (Å²) in [4.78, 5) is 17.2. The number of nitrogens with zero attached hydrogens (tertiary/aromatic N) is 1. The monoisotopic (exact) mass is 422 g/mol. The van der Waals surface area contributed by atoms with E-state index in [0.717, 1.165) is 5.56 Å². The Hall–Kier alpha value is -2.65. The highest BCUT2D eigenvalue weighted by molar-refractivity contribution is 7.99. The van der Waals surface area contributed by atoms with E-state index in [2.05, 4.69) is 10.3 Å². The van der Waals surface area contributed by atoms with Crippen LogP contribution in [-0.2, 0) is 0 Å². The fourth-order valence-electron chi connectivity index (χ4n) is 2.43. The van der Waals surface area contributed by atoms with E-state index in [1.54, 1.807) is 37.8 Å². The molecule has 1 N–H and O–H groups in total. The van der Waals surface area contributed by atoms with E-state index in [0.29, 0.717) is 44.5 Å². The van der Waals surface area contributed by atoms with Crippen molar-refractivity contribution in [1.82, 2.24) is 4.98 Å². The summed E-state index contributed by atoms with van der Waals surface area (Å²) in [6.45, 7) is 0. The second kappa shape index (κ2) is 9.03. The van der Waals surface area contributed by atoms with Gasteiger partial charge in [0.25, 0.3) is 11.7 Å². The number of ether oxygens (including phenoxy) is 2. The first-order chi connectivity index (χ1) is 13.5. The zero-order valence-corrected chi connectivity index (χ0v) is 16.6. The van der Waals surface area contributed by atoms with Gasteiger partial charge in [0.1, 0.15) is 11.5 Å². The number of aromatic nitrogens is 1. The van der Waals surface area contributed by atoms with Crippen molar-refractivity contribution < 1.29 is 23.0 Å². The summed E-state index contributed by atoms with van der Waals surface area (Å²) >= 11 is 1.70. The van der Waals surface area contributed by atoms with Crippen LogP contribution in [0.5, 0.6) is 11.5 Å². The van der Waals surface area contributed by atoms with Crippen molar-refractivity contribution in [3.8, 4) is 22.8 Å². The Morgan fingerprint density at radius 2 is 1.89 bits per heavy atom. The molecule has 0 radical (unpaired) electrons. The second-order valence-electron chi connectivity index (χ2n) is 5.46. The Labute approximate surface area is 168 Å². The molecule has 0 atom stereocenters. The molecule has 5 nitrogen and oxygen atoms in total. The summed E-state index contributed by atoms with van der Waals surface area (Å²) < 4.78 is 35.3. The van der Waals surface area contributed by atoms with E-state index in [4.69, 9.17) is 9.47 Å². The number of anilines is 1. The van der Waals surface area contributed by atoms with Crippen LogP contribution in [0.25, 0.3) is 11.3 Å². The normalized spacial score (nSPS) is 10.8. The topological polar surface area (TPSA) is 60.5 Å². The van der Waals surface area contributed by atoms with E-state index >= 15 is 0 Å². The number of carbonyl (C=O) groups excluding carboxylic acids is 1. The first kappa shape index (κ1) is 20.1. The third kappa shape index (κ3) is 4.79. The standard InChI is InChI=1S/C19H16F2N2O3S2/c1-25-12-5-8-16(26-2)14(9-12)15-10-27-19(22-15)23-17(24)11-3-6-13(7-4-11)28-18(20)21/h3-10,18H,1-2H3,(H,22,23,24). The lowest BCUT2D eigenvalue weighted by atomic mass is 10.1. The predicted octanol–water partition coefficient (Wildman–Crippen LogP) is 5.39. The molecule has 3 aromatic rings. The minimum atomic E-state index is -2.50. The van der Waals surface area contributed by atoms with Crippen LogP contribution < -0.4 is 14.8 Å². The van der Waals surface area contributed by atoms with E-state index in [1.165, 1.54) is 35.6 Å². The number of amides is 1. The number of rotatable bonds is 7. The van der Waals surface area contributed by atoms with Crippen molar-refractivity contribution in [2.75, 3.05) is 19.5 Å². The third-order valence-corrected chi connectivity index (χ3v) is 5.23. The van der Waals surface area contributed by atoms with E-state index < -0.39 is 5.76 Å². The Morgan fingerprint density at radius 3 is 2.54 bits per heavy atom. The number of thiazole rings is 1. The molecule has 28 heavy (non-hydrogen) atoms. The fraction of sp³-hybridized carbons (Fsp3) is 0.158. The molecule has 0 unspecified atom stereocenters. The lowest BCUT2D eigenvalue weighted by molar-refractivity contribution is 0.102. The van der Waals surface area contributed by atoms with Gasteiger partial charge in [0.15, 0.2) is 5.13 Å². The number of carbonyl (C=O) groups is 1. The van der Waals surface area contributed by atoms with Crippen LogP contribution in [0.1, 0.15) is 10.4 Å². The van der Waals surface area contributed by atoms with Gasteiger partial charge in [0, 0.05) is 21.4 Å². The van der Waals surface area contributed by atoms with E-state index in [1.807, 2.05) is 0 Å². The van der Waals surface area contributed by atoms with Crippen LogP contribution in [0, 0.1) is 0 Å². The fourth-order valence-corrected chi connectivity index (χ4v) is 3.63. The summed E-state index contributed by atoms with van der Waals surface area (Å²) in [5, 5.41) is 4.93. The minimum Gasteiger partial charge on any atom is -0.497 e. The average molecular weight is 422 g/mol. The molecular weight excluding hydrogens is 406 g/mol. The van der Waals surface area contributed by atoms with Gasteiger partial charge in [-0.15, -0.1) is 11.3 Å². The van der Waals surface area contributed by atoms with Crippen LogP contribution >= 0.6 is 23.1 Å². The van der Waals surface area contributed by atoms with Gasteiger partial charge in [-0.05, 0) is 42.5 Å². The van der Waals surface area contributed by atoms with Gasteiger partial charge in [0.2, 0.25) is 0 Å². The van der Waals surface area contributed by atoms with Gasteiger partial charge in [-0.25, -0.2) is 4.98 Å². The molecular formula is C19H16F2N2O3S2. The maximum absolute atomic E-state index is 12.4. The van der Waals surface area contributed by atoms with Crippen molar-refractivity contribution in [1.29, 1.82) is 0 Å². The lowest BCUT2D eigenvalue weighted by Crippen LogP contribution is -2.11. The zero-order valence-electron chi connectivity index (χ0n) is 14.9. The number of alkyl halides is 2. The van der Waals surface area contributed by atoms with Gasteiger partial charge in [-0.2, -0.15) is 8.78 Å². The summed E-state index contributed by atoms with van der Waals surface area (Å²) in [6, 6.07) is 11.3. The molecule has 0 fully saturated rings. The van der Waals surface area contributed by atoms with Crippen LogP contribution in [-0.4, -0.2) is 30.9 Å². The van der Waals surface area contributed by atoms with Crippen LogP contribution in [0.15, 0.2) is 52.7 Å². The van der Waals surface area contributed by atoms with E-state index in [-0.39, 0.29) is 5.91 Å². The van der Waals surface area contributed by atoms with Crippen LogP contribution in [0.2, 0.25) is 0 Å². The quantitative estimate of drug-likeness (QED) is 0.517. The molecule has 1 aromatic heterocycles. The molecule has 0 aliphatic heterocycles. The van der Waals surface area contributed by atoms with Gasteiger partial charge in [-0.3, -0.25) is 10.1 Å². The van der Waals surface area contributed by atoms with Crippen molar-refractivity contribution in [3.63, 3.8) is 0 Å². The molecule has 9 heteroatoms. The SMILES string of the molecule is COc1ccc(OC)c(-c2csc(NC(=O)c3ccc(SC(F)F)cc3)n2)c1. The molecule has 0 aliphatic carbocycles. The maximum Gasteiger partial charge on any atom is 0.288 e. The highest BCUT2D eigenvalue weighted by Gasteiger charge is 2.14. The number of nitrogens with one attached hydrogen (secondary N) is 1. The predicted molar refractivity (Wildman–Crippen MR) is 107 cm³/mol. The molecule has 1 heterocycles. The number of hydrogen-bond acceptors (Lipinski definition) is 6. The van der Waals surface area contributed by atoms with Gasteiger partial charge >= 0.3 is 0 Å². The Morgan fingerprint density at radius 1 is 1.14 bits per heavy atom.